The van der Waals surface area contributed by atoms with E-state index in [2.05, 4.69) is 148 Å². The van der Waals surface area contributed by atoms with Crippen molar-refractivity contribution in [2.75, 3.05) is 4.90 Å². The molecular formula is C39H29N5. The van der Waals surface area contributed by atoms with Crippen molar-refractivity contribution in [1.82, 2.24) is 19.3 Å². The summed E-state index contributed by atoms with van der Waals surface area (Å²) in [5.41, 5.74) is 8.22. The normalized spacial score (nSPS) is 17.0. The van der Waals surface area contributed by atoms with Crippen molar-refractivity contribution in [3.8, 4) is 17.1 Å². The zero-order valence-corrected chi connectivity index (χ0v) is 24.0. The maximum absolute atomic E-state index is 5.32. The highest BCUT2D eigenvalue weighted by Gasteiger charge is 2.42. The van der Waals surface area contributed by atoms with Crippen LogP contribution in [0.3, 0.4) is 0 Å². The summed E-state index contributed by atoms with van der Waals surface area (Å²) >= 11 is 0. The lowest BCUT2D eigenvalue weighted by Gasteiger charge is -2.28. The van der Waals surface area contributed by atoms with Gasteiger partial charge in [-0.15, -0.1) is 5.10 Å². The molecule has 1 aliphatic heterocycles. The van der Waals surface area contributed by atoms with Crippen LogP contribution in [0.25, 0.3) is 38.9 Å². The highest BCUT2D eigenvalue weighted by molar-refractivity contribution is 6.15. The average Bonchev–Trinajstić information content (AvgIpc) is 3.76. The Labute approximate surface area is 255 Å². The Morgan fingerprint density at radius 1 is 0.636 bits per heavy atom. The van der Waals surface area contributed by atoms with Crippen LogP contribution in [0.1, 0.15) is 17.0 Å². The number of aromatic nitrogens is 4. The Morgan fingerprint density at radius 3 is 2.16 bits per heavy atom. The zero-order chi connectivity index (χ0) is 29.0. The first-order chi connectivity index (χ1) is 21.8. The lowest BCUT2D eigenvalue weighted by atomic mass is 9.91. The minimum Gasteiger partial charge on any atom is -0.307 e. The molecule has 0 fully saturated rings. The maximum Gasteiger partial charge on any atom is 0.229 e. The van der Waals surface area contributed by atoms with E-state index >= 15 is 0 Å². The molecule has 2 unspecified atom stereocenters. The van der Waals surface area contributed by atoms with Gasteiger partial charge in [-0.25, -0.2) is 4.68 Å². The molecule has 0 amide bonds. The number of rotatable bonds is 5. The van der Waals surface area contributed by atoms with Gasteiger partial charge in [-0.3, -0.25) is 0 Å². The number of benzene rings is 5. The number of hydrogen-bond acceptors (Lipinski definition) is 3. The fourth-order valence-electron chi connectivity index (χ4n) is 7.02. The number of hydrogen-bond donors (Lipinski definition) is 0. The van der Waals surface area contributed by atoms with E-state index in [9.17, 15) is 0 Å². The second kappa shape index (κ2) is 9.96. The van der Waals surface area contributed by atoms with Gasteiger partial charge in [0, 0.05) is 27.9 Å². The van der Waals surface area contributed by atoms with Crippen LogP contribution in [0.5, 0.6) is 0 Å². The highest BCUT2D eigenvalue weighted by atomic mass is 15.5. The molecule has 2 atom stereocenters. The van der Waals surface area contributed by atoms with Gasteiger partial charge in [0.05, 0.1) is 29.3 Å². The van der Waals surface area contributed by atoms with Gasteiger partial charge in [0.15, 0.2) is 5.82 Å². The predicted octanol–water partition coefficient (Wildman–Crippen LogP) is 8.82. The fraction of sp³-hybridized carbons (Fsp3) is 0.0769. The first-order valence-corrected chi connectivity index (χ1v) is 15.1. The minimum atomic E-state index is 0.0742. The zero-order valence-electron chi connectivity index (χ0n) is 24.0. The largest absolute Gasteiger partial charge is 0.307 e. The molecule has 0 radical (unpaired) electrons. The smallest absolute Gasteiger partial charge is 0.229 e. The van der Waals surface area contributed by atoms with E-state index in [0.717, 1.165) is 23.0 Å². The van der Waals surface area contributed by atoms with Gasteiger partial charge in [-0.2, -0.15) is 4.98 Å². The average molecular weight is 568 g/mol. The van der Waals surface area contributed by atoms with Crippen molar-refractivity contribution < 1.29 is 0 Å². The molecule has 210 valence electrons. The maximum atomic E-state index is 5.32. The molecule has 7 aromatic rings. The molecule has 0 bridgehead atoms. The molecule has 5 heteroatoms. The third kappa shape index (κ3) is 3.79. The van der Waals surface area contributed by atoms with Gasteiger partial charge < -0.3 is 9.47 Å². The van der Waals surface area contributed by atoms with Crippen LogP contribution in [0.2, 0.25) is 0 Å². The van der Waals surface area contributed by atoms with Crippen molar-refractivity contribution in [3.63, 3.8) is 0 Å². The van der Waals surface area contributed by atoms with Gasteiger partial charge in [0.25, 0.3) is 0 Å². The summed E-state index contributed by atoms with van der Waals surface area (Å²) in [5.74, 6) is 1.77. The van der Waals surface area contributed by atoms with E-state index in [4.69, 9.17) is 10.1 Å². The second-order valence-electron chi connectivity index (χ2n) is 11.5. The molecule has 0 spiro atoms. The SMILES string of the molecule is C1=CC2c3ccc4c5ccccc5n(-c5ccccc5)c4c3N(c3nc(-c4ccccc4)nn3Cc3ccccc3)C2C=C1. The number of allylic oxidation sites excluding steroid dienone is 2. The van der Waals surface area contributed by atoms with E-state index in [1.54, 1.807) is 0 Å². The van der Waals surface area contributed by atoms with Crippen LogP contribution in [-0.2, 0) is 6.54 Å². The summed E-state index contributed by atoms with van der Waals surface area (Å²) in [7, 11) is 0. The van der Waals surface area contributed by atoms with Gasteiger partial charge in [-0.05, 0) is 29.3 Å². The lowest BCUT2D eigenvalue weighted by molar-refractivity contribution is 0.651. The third-order valence-electron chi connectivity index (χ3n) is 8.93. The minimum absolute atomic E-state index is 0.0742. The predicted molar refractivity (Wildman–Crippen MR) is 179 cm³/mol. The number of nitrogens with zero attached hydrogens (tertiary/aromatic N) is 5. The molecule has 44 heavy (non-hydrogen) atoms. The summed E-state index contributed by atoms with van der Waals surface area (Å²) in [6.07, 6.45) is 8.99. The molecule has 0 N–H and O–H groups in total. The second-order valence-corrected chi connectivity index (χ2v) is 11.5. The first kappa shape index (κ1) is 24.9. The molecule has 2 aliphatic rings. The highest BCUT2D eigenvalue weighted by Crippen LogP contribution is 2.52. The monoisotopic (exact) mass is 567 g/mol. The Hall–Kier alpha value is -5.68. The van der Waals surface area contributed by atoms with Crippen molar-refractivity contribution >= 4 is 33.4 Å². The molecule has 0 saturated carbocycles. The molecule has 0 saturated heterocycles. The summed E-state index contributed by atoms with van der Waals surface area (Å²) in [4.78, 5) is 7.77. The number of anilines is 2. The molecule has 1 aliphatic carbocycles. The van der Waals surface area contributed by atoms with Crippen LogP contribution in [0, 0.1) is 0 Å². The molecule has 5 aromatic carbocycles. The standard InChI is InChI=1S/C39H29N5/c1-4-14-27(15-5-1)26-42-39(40-38(41-42)28-16-6-2-7-17-28)44-35-23-13-11-21-31(35)33-25-24-32-30-20-10-12-22-34(30)43(36(32)37(33)44)29-18-8-3-9-19-29/h1-25,31,35H,26H2. The third-order valence-corrected chi connectivity index (χ3v) is 8.93. The van der Waals surface area contributed by atoms with Crippen molar-refractivity contribution in [2.45, 2.75) is 18.5 Å². The van der Waals surface area contributed by atoms with Crippen molar-refractivity contribution in [1.29, 1.82) is 0 Å². The Bertz CT molecular complexity index is 2210. The number of fused-ring (bicyclic) bond motifs is 7. The summed E-state index contributed by atoms with van der Waals surface area (Å²) in [6, 6.07) is 45.0. The van der Waals surface area contributed by atoms with E-state index in [1.165, 1.54) is 38.6 Å². The van der Waals surface area contributed by atoms with Crippen LogP contribution in [-0.4, -0.2) is 25.4 Å². The van der Waals surface area contributed by atoms with Gasteiger partial charge >= 0.3 is 0 Å². The van der Waals surface area contributed by atoms with Crippen LogP contribution in [0.4, 0.5) is 11.6 Å². The molecule has 9 rings (SSSR count). The van der Waals surface area contributed by atoms with Crippen LogP contribution < -0.4 is 4.90 Å². The van der Waals surface area contributed by atoms with E-state index in [0.29, 0.717) is 6.54 Å². The van der Waals surface area contributed by atoms with E-state index < -0.39 is 0 Å². The van der Waals surface area contributed by atoms with Gasteiger partial charge in [-0.1, -0.05) is 133 Å². The topological polar surface area (TPSA) is 38.9 Å². The Kier molecular flexibility index (Phi) is 5.63. The summed E-state index contributed by atoms with van der Waals surface area (Å²) < 4.78 is 4.52. The molecule has 2 aromatic heterocycles. The van der Waals surface area contributed by atoms with Gasteiger partial charge in [0.1, 0.15) is 0 Å². The van der Waals surface area contributed by atoms with Crippen molar-refractivity contribution in [3.05, 3.63) is 163 Å². The van der Waals surface area contributed by atoms with E-state index in [1.807, 2.05) is 18.2 Å². The van der Waals surface area contributed by atoms with Gasteiger partial charge in [0.2, 0.25) is 5.95 Å². The lowest BCUT2D eigenvalue weighted by Crippen LogP contribution is -2.31. The first-order valence-electron chi connectivity index (χ1n) is 15.1. The van der Waals surface area contributed by atoms with Crippen LogP contribution >= 0.6 is 0 Å². The molecule has 3 heterocycles. The Morgan fingerprint density at radius 2 is 1.34 bits per heavy atom. The van der Waals surface area contributed by atoms with Crippen LogP contribution in [0.15, 0.2) is 152 Å². The fourth-order valence-corrected chi connectivity index (χ4v) is 7.02. The molecular weight excluding hydrogens is 538 g/mol. The Balaban J connectivity index is 1.36. The number of para-hydroxylation sites is 2. The quantitative estimate of drug-likeness (QED) is 0.209. The van der Waals surface area contributed by atoms with E-state index in [-0.39, 0.29) is 12.0 Å². The van der Waals surface area contributed by atoms with Crippen molar-refractivity contribution in [2.24, 2.45) is 0 Å². The summed E-state index contributed by atoms with van der Waals surface area (Å²) in [5, 5.41) is 7.62. The molecule has 5 nitrogen and oxygen atoms in total. The summed E-state index contributed by atoms with van der Waals surface area (Å²) in [6.45, 7) is 0.621.